The summed E-state index contributed by atoms with van der Waals surface area (Å²) in [6.45, 7) is -0.222. The third-order valence-corrected chi connectivity index (χ3v) is 1.59. The molecule has 0 aliphatic rings. The zero-order valence-electron chi connectivity index (χ0n) is 8.36. The van der Waals surface area contributed by atoms with Gasteiger partial charge in [-0.3, -0.25) is 9.59 Å². The fourth-order valence-corrected chi connectivity index (χ4v) is 0.911. The number of primary amides is 1. The molecule has 0 aromatic carbocycles. The summed E-state index contributed by atoms with van der Waals surface area (Å²) in [5.41, 5.74) is 4.86. The molecule has 86 valence electrons. The predicted octanol–water partition coefficient (Wildman–Crippen LogP) is -1.53. The van der Waals surface area contributed by atoms with Gasteiger partial charge >= 0.3 is 5.97 Å². The third kappa shape index (κ3) is 6.44. The van der Waals surface area contributed by atoms with Crippen molar-refractivity contribution in [2.24, 2.45) is 5.73 Å². The molecule has 0 aliphatic carbocycles. The fraction of sp³-hybridized carbons (Fsp3) is 0.625. The van der Waals surface area contributed by atoms with Crippen molar-refractivity contribution in [1.82, 2.24) is 5.32 Å². The van der Waals surface area contributed by atoms with Gasteiger partial charge in [-0.1, -0.05) is 0 Å². The summed E-state index contributed by atoms with van der Waals surface area (Å²) in [4.78, 5) is 32.1. The highest BCUT2D eigenvalue weighted by Gasteiger charge is 2.19. The number of hydrogen-bond acceptors (Lipinski definition) is 4. The molecule has 0 saturated carbocycles. The molecule has 0 bridgehead atoms. The quantitative estimate of drug-likeness (QED) is 0.479. The maximum atomic E-state index is 11.0. The topological polar surface area (TPSA) is 119 Å². The number of carboxylic acid groups (broad SMARTS) is 1. The molecule has 0 radical (unpaired) electrons. The van der Waals surface area contributed by atoms with Crippen molar-refractivity contribution >= 4 is 17.8 Å². The van der Waals surface area contributed by atoms with E-state index in [0.29, 0.717) is 0 Å². The summed E-state index contributed by atoms with van der Waals surface area (Å²) in [6, 6.07) is -1.11. The van der Waals surface area contributed by atoms with Crippen LogP contribution < -0.4 is 11.1 Å². The highest BCUT2D eigenvalue weighted by atomic mass is 16.5. The first-order valence-corrected chi connectivity index (χ1v) is 4.26. The highest BCUT2D eigenvalue weighted by molar-refractivity contribution is 5.84. The Balaban J connectivity index is 4.10. The summed E-state index contributed by atoms with van der Waals surface area (Å²) >= 11 is 0. The van der Waals surface area contributed by atoms with Crippen LogP contribution in [0.4, 0.5) is 0 Å². The molecule has 7 nitrogen and oxygen atoms in total. The van der Waals surface area contributed by atoms with Gasteiger partial charge in [0.2, 0.25) is 11.8 Å². The van der Waals surface area contributed by atoms with Gasteiger partial charge in [-0.05, 0) is 6.42 Å². The van der Waals surface area contributed by atoms with Crippen LogP contribution in [-0.2, 0) is 19.1 Å². The Hall–Kier alpha value is -1.63. The van der Waals surface area contributed by atoms with Crippen molar-refractivity contribution in [1.29, 1.82) is 0 Å². The molecular weight excluding hydrogens is 204 g/mol. The Morgan fingerprint density at radius 3 is 2.47 bits per heavy atom. The molecule has 1 unspecified atom stereocenters. The number of amides is 2. The Morgan fingerprint density at radius 2 is 2.07 bits per heavy atom. The molecule has 4 N–H and O–H groups in total. The van der Waals surface area contributed by atoms with E-state index in [1.165, 1.54) is 7.11 Å². The molecule has 0 spiro atoms. The number of carbonyl (C=O) groups is 3. The monoisotopic (exact) mass is 218 g/mol. The Bertz CT molecular complexity index is 253. The van der Waals surface area contributed by atoms with Gasteiger partial charge in [0.25, 0.3) is 0 Å². The second-order valence-electron chi connectivity index (χ2n) is 2.90. The van der Waals surface area contributed by atoms with Crippen molar-refractivity contribution in [2.75, 3.05) is 13.7 Å². The van der Waals surface area contributed by atoms with E-state index < -0.39 is 23.8 Å². The number of methoxy groups -OCH3 is 1. The van der Waals surface area contributed by atoms with Crippen LogP contribution >= 0.6 is 0 Å². The average Bonchev–Trinajstić information content (AvgIpc) is 2.11. The molecule has 15 heavy (non-hydrogen) atoms. The summed E-state index contributed by atoms with van der Waals surface area (Å²) in [5.74, 6) is -2.36. The number of carboxylic acids is 1. The average molecular weight is 218 g/mol. The maximum Gasteiger partial charge on any atom is 0.326 e. The van der Waals surface area contributed by atoms with E-state index in [4.69, 9.17) is 10.8 Å². The van der Waals surface area contributed by atoms with Gasteiger partial charge in [-0.2, -0.15) is 0 Å². The standard InChI is InChI=1S/C8H14N2O5/c1-15-4-7(12)10-5(8(13)14)2-3-6(9)11/h5H,2-4H2,1H3,(H2,9,11)(H,10,12)(H,13,14). The van der Waals surface area contributed by atoms with Crippen molar-refractivity contribution in [2.45, 2.75) is 18.9 Å². The normalized spacial score (nSPS) is 11.8. The summed E-state index contributed by atoms with van der Waals surface area (Å²) in [6.07, 6.45) is -0.121. The zero-order valence-corrected chi connectivity index (χ0v) is 8.36. The van der Waals surface area contributed by atoms with E-state index in [0.717, 1.165) is 0 Å². The van der Waals surface area contributed by atoms with Crippen LogP contribution in [0.2, 0.25) is 0 Å². The first-order chi connectivity index (χ1) is 6.97. The lowest BCUT2D eigenvalue weighted by atomic mass is 10.1. The van der Waals surface area contributed by atoms with E-state index >= 15 is 0 Å². The Morgan fingerprint density at radius 1 is 1.47 bits per heavy atom. The minimum absolute atomic E-state index is 0.0277. The lowest BCUT2D eigenvalue weighted by Crippen LogP contribution is -2.42. The number of nitrogens with one attached hydrogen (secondary N) is 1. The fourth-order valence-electron chi connectivity index (χ4n) is 0.911. The lowest BCUT2D eigenvalue weighted by Gasteiger charge is -2.12. The number of carbonyl (C=O) groups excluding carboxylic acids is 2. The van der Waals surface area contributed by atoms with Crippen molar-refractivity contribution in [3.63, 3.8) is 0 Å². The molecule has 0 fully saturated rings. The van der Waals surface area contributed by atoms with Gasteiger partial charge in [0, 0.05) is 13.5 Å². The smallest absolute Gasteiger partial charge is 0.326 e. The van der Waals surface area contributed by atoms with Crippen LogP contribution in [0.25, 0.3) is 0 Å². The van der Waals surface area contributed by atoms with Gasteiger partial charge in [0.15, 0.2) is 0 Å². The number of nitrogens with two attached hydrogens (primary N) is 1. The van der Waals surface area contributed by atoms with Crippen LogP contribution in [0.15, 0.2) is 0 Å². The number of ether oxygens (including phenoxy) is 1. The second kappa shape index (κ2) is 6.77. The van der Waals surface area contributed by atoms with Crippen molar-refractivity contribution in [3.05, 3.63) is 0 Å². The Kier molecular flexibility index (Phi) is 6.03. The highest BCUT2D eigenvalue weighted by Crippen LogP contribution is 1.97. The molecule has 1 atom stereocenters. The molecular formula is C8H14N2O5. The van der Waals surface area contributed by atoms with Gasteiger partial charge in [0.05, 0.1) is 0 Å². The molecule has 7 heteroatoms. The van der Waals surface area contributed by atoms with Crippen LogP contribution in [0.1, 0.15) is 12.8 Å². The summed E-state index contributed by atoms with van der Waals surface area (Å²) in [5, 5.41) is 10.9. The van der Waals surface area contributed by atoms with Gasteiger partial charge in [-0.25, -0.2) is 4.79 Å². The van der Waals surface area contributed by atoms with Gasteiger partial charge in [0.1, 0.15) is 12.6 Å². The molecule has 0 saturated heterocycles. The molecule has 0 aromatic rings. The van der Waals surface area contributed by atoms with E-state index in [2.05, 4.69) is 10.1 Å². The number of hydrogen-bond donors (Lipinski definition) is 3. The van der Waals surface area contributed by atoms with Crippen molar-refractivity contribution < 1.29 is 24.2 Å². The SMILES string of the molecule is COCC(=O)NC(CCC(N)=O)C(=O)O. The van der Waals surface area contributed by atoms with E-state index in [1.807, 2.05) is 0 Å². The summed E-state index contributed by atoms with van der Waals surface area (Å²) < 4.78 is 4.51. The van der Waals surface area contributed by atoms with Gasteiger partial charge < -0.3 is 20.9 Å². The first-order valence-electron chi connectivity index (χ1n) is 4.26. The first kappa shape index (κ1) is 13.4. The molecule has 0 aromatic heterocycles. The van der Waals surface area contributed by atoms with Gasteiger partial charge in [-0.15, -0.1) is 0 Å². The van der Waals surface area contributed by atoms with Crippen LogP contribution in [0.3, 0.4) is 0 Å². The third-order valence-electron chi connectivity index (χ3n) is 1.59. The lowest BCUT2D eigenvalue weighted by molar-refractivity contribution is -0.142. The largest absolute Gasteiger partial charge is 0.480 e. The zero-order chi connectivity index (χ0) is 11.8. The number of rotatable bonds is 7. The van der Waals surface area contributed by atoms with E-state index in [9.17, 15) is 14.4 Å². The molecule has 0 aliphatic heterocycles. The van der Waals surface area contributed by atoms with Crippen LogP contribution in [0.5, 0.6) is 0 Å². The molecule has 2 amide bonds. The van der Waals surface area contributed by atoms with Crippen molar-refractivity contribution in [3.8, 4) is 0 Å². The van der Waals surface area contributed by atoms with Crippen LogP contribution in [0, 0.1) is 0 Å². The molecule has 0 heterocycles. The predicted molar refractivity (Wildman–Crippen MR) is 49.9 cm³/mol. The van der Waals surface area contributed by atoms with Crippen LogP contribution in [-0.4, -0.2) is 42.6 Å². The summed E-state index contributed by atoms with van der Waals surface area (Å²) in [7, 11) is 1.32. The second-order valence-corrected chi connectivity index (χ2v) is 2.90. The Labute approximate surface area is 86.6 Å². The molecule has 0 rings (SSSR count). The minimum Gasteiger partial charge on any atom is -0.480 e. The maximum absolute atomic E-state index is 11.0. The minimum atomic E-state index is -1.21. The number of aliphatic carboxylic acids is 1. The van der Waals surface area contributed by atoms with E-state index in [1.54, 1.807) is 0 Å². The van der Waals surface area contributed by atoms with E-state index in [-0.39, 0.29) is 19.4 Å².